The van der Waals surface area contributed by atoms with E-state index in [0.717, 1.165) is 83.5 Å². The predicted octanol–water partition coefficient (Wildman–Crippen LogP) is 16.3. The molecular formula is C94H148N2O21Si. The summed E-state index contributed by atoms with van der Waals surface area (Å²) in [5.41, 5.74) is -5.41. The highest BCUT2D eigenvalue weighted by Crippen LogP contribution is 2.39. The van der Waals surface area contributed by atoms with E-state index in [1.165, 1.54) is 65.2 Å². The first-order chi connectivity index (χ1) is 55.8. The van der Waals surface area contributed by atoms with Crippen molar-refractivity contribution < 1.29 is 101 Å². The molecule has 1 aliphatic rings. The molecule has 3 rings (SSSR count). The van der Waals surface area contributed by atoms with Crippen LogP contribution in [0.2, 0.25) is 18.1 Å². The average molecular weight is 1670 g/mol. The molecule has 2 amide bonds. The zero-order valence-corrected chi connectivity index (χ0v) is 75.8. The molecule has 0 saturated carbocycles. The van der Waals surface area contributed by atoms with E-state index < -0.39 is 121 Å². The van der Waals surface area contributed by atoms with Crippen molar-refractivity contribution >= 4 is 61.4 Å². The minimum absolute atomic E-state index is 0.00272. The summed E-state index contributed by atoms with van der Waals surface area (Å²) in [6.07, 6.45) is 27.8. The van der Waals surface area contributed by atoms with Gasteiger partial charge in [0.1, 0.15) is 41.7 Å². The van der Waals surface area contributed by atoms with Crippen LogP contribution in [0.5, 0.6) is 11.5 Å². The molecule has 5 N–H and O–H groups in total. The van der Waals surface area contributed by atoms with E-state index in [1.54, 1.807) is 116 Å². The molecule has 0 aliphatic carbocycles. The van der Waals surface area contributed by atoms with Crippen molar-refractivity contribution in [3.05, 3.63) is 84.0 Å². The number of hydrogen-bond acceptors (Lipinski definition) is 21. The van der Waals surface area contributed by atoms with Crippen molar-refractivity contribution in [3.8, 4) is 35.2 Å². The van der Waals surface area contributed by atoms with Crippen molar-refractivity contribution in [2.24, 2.45) is 11.8 Å². The number of nitrogens with one attached hydrogen (secondary N) is 2. The number of benzene rings is 2. The largest absolute Gasteiger partial charge is 0.481 e. The van der Waals surface area contributed by atoms with Crippen LogP contribution in [0.1, 0.15) is 294 Å². The van der Waals surface area contributed by atoms with Gasteiger partial charge in [-0.2, -0.15) is 0 Å². The molecule has 1 fully saturated rings. The summed E-state index contributed by atoms with van der Waals surface area (Å²) in [4.78, 5) is 120. The van der Waals surface area contributed by atoms with E-state index in [1.807, 2.05) is 6.08 Å². The number of Topliss-reactive ketones (excluding diaryl/α,β-unsaturated/α-hetero) is 3. The first-order valence-electron chi connectivity index (χ1n) is 43.1. The third-order valence-corrected chi connectivity index (χ3v) is 25.5. The number of rotatable bonds is 58. The van der Waals surface area contributed by atoms with Crippen LogP contribution in [-0.2, 0) is 88.8 Å². The Balaban J connectivity index is 0.000000812. The van der Waals surface area contributed by atoms with Gasteiger partial charge in [0.05, 0.1) is 64.2 Å². The van der Waals surface area contributed by atoms with Gasteiger partial charge in [-0.15, -0.1) is 11.8 Å². The fraction of sp³-hybridized carbons (Fsp3) is 0.691. The van der Waals surface area contributed by atoms with Crippen molar-refractivity contribution in [1.29, 1.82) is 0 Å². The molecular weight excluding hydrogens is 1520 g/mol. The van der Waals surface area contributed by atoms with E-state index in [4.69, 9.17) is 42.3 Å². The van der Waals surface area contributed by atoms with Crippen LogP contribution >= 0.6 is 0 Å². The molecule has 0 radical (unpaired) electrons. The first-order valence-corrected chi connectivity index (χ1v) is 46.0. The van der Waals surface area contributed by atoms with Gasteiger partial charge in [0, 0.05) is 64.6 Å². The van der Waals surface area contributed by atoms with E-state index >= 15 is 0 Å². The van der Waals surface area contributed by atoms with Crippen LogP contribution in [-0.4, -0.2) is 171 Å². The van der Waals surface area contributed by atoms with Crippen LogP contribution in [0.15, 0.2) is 72.8 Å². The number of methoxy groups -OCH3 is 2. The fourth-order valence-corrected chi connectivity index (χ4v) is 14.0. The number of carbonyl (C=O) groups is 9. The van der Waals surface area contributed by atoms with Gasteiger partial charge in [-0.25, -0.2) is 9.59 Å². The smallest absolute Gasteiger partial charge is 0.339 e. The number of aliphatic hydroxyl groups is 3. The third kappa shape index (κ3) is 43.1. The number of hydrogen-bond donors (Lipinski definition) is 5. The summed E-state index contributed by atoms with van der Waals surface area (Å²) < 4.78 is 50.7. The van der Waals surface area contributed by atoms with Crippen LogP contribution < -0.4 is 20.1 Å². The van der Waals surface area contributed by atoms with Crippen molar-refractivity contribution in [3.63, 3.8) is 0 Å². The van der Waals surface area contributed by atoms with Crippen LogP contribution in [0.4, 0.5) is 0 Å². The lowest BCUT2D eigenvalue weighted by Gasteiger charge is -2.38. The Labute approximate surface area is 707 Å². The van der Waals surface area contributed by atoms with Crippen LogP contribution in [0, 0.1) is 35.5 Å². The van der Waals surface area contributed by atoms with Crippen LogP contribution in [0.25, 0.3) is 0 Å². The third-order valence-electron chi connectivity index (χ3n) is 21.0. The van der Waals surface area contributed by atoms with Gasteiger partial charge in [0.15, 0.2) is 36.9 Å². The number of ether oxygens (including phenoxy) is 8. The zero-order chi connectivity index (χ0) is 88.3. The number of allylic oxidation sites excluding steroid dienone is 2. The lowest BCUT2D eigenvalue weighted by molar-refractivity contribution is -0.185. The van der Waals surface area contributed by atoms with E-state index in [-0.39, 0.29) is 69.8 Å². The first kappa shape index (κ1) is 107. The van der Waals surface area contributed by atoms with Crippen LogP contribution in [0.3, 0.4) is 0 Å². The number of esters is 4. The Morgan fingerprint density at radius 3 is 1.25 bits per heavy atom. The summed E-state index contributed by atoms with van der Waals surface area (Å²) >= 11 is 0. The minimum atomic E-state index is -2.46. The number of amides is 2. The molecule has 0 bridgehead atoms. The van der Waals surface area contributed by atoms with Gasteiger partial charge >= 0.3 is 23.9 Å². The van der Waals surface area contributed by atoms with Crippen molar-refractivity contribution in [1.82, 2.24) is 10.6 Å². The molecule has 2 aromatic rings. The zero-order valence-electron chi connectivity index (χ0n) is 74.8. The molecule has 0 unspecified atom stereocenters. The molecule has 6 atom stereocenters. The molecule has 118 heavy (non-hydrogen) atoms. The Bertz CT molecular complexity index is 3500. The Kier molecular flexibility index (Phi) is 51.3. The van der Waals surface area contributed by atoms with E-state index in [2.05, 4.69) is 82.0 Å². The summed E-state index contributed by atoms with van der Waals surface area (Å²) in [5, 5.41) is 39.8. The maximum absolute atomic E-state index is 14.7. The summed E-state index contributed by atoms with van der Waals surface area (Å²) in [7, 11) is 0.129. The normalized spacial score (nSPS) is 14.9. The highest BCUT2D eigenvalue weighted by atomic mass is 28.4. The number of unbranched alkanes of at least 4 members (excludes halogenated alkanes) is 16. The topological polar surface area (TPSA) is 321 Å². The number of carbonyl (C=O) groups excluding carboxylic acids is 9. The van der Waals surface area contributed by atoms with Gasteiger partial charge in [-0.05, 0) is 173 Å². The molecule has 1 aliphatic heterocycles. The van der Waals surface area contributed by atoms with Gasteiger partial charge in [-0.1, -0.05) is 172 Å². The van der Waals surface area contributed by atoms with Gasteiger partial charge in [-0.3, -0.25) is 33.6 Å². The monoisotopic (exact) mass is 1670 g/mol. The quantitative estimate of drug-likeness (QED) is 0.0103. The number of aliphatic hydroxyl groups excluding tert-OH is 1. The molecule has 0 spiro atoms. The molecule has 2 aromatic carbocycles. The van der Waals surface area contributed by atoms with E-state index in [0.29, 0.717) is 67.3 Å². The Hall–Kier alpha value is -7.55. The van der Waals surface area contributed by atoms with Gasteiger partial charge in [0.25, 0.3) is 0 Å². The molecule has 1 heterocycles. The summed E-state index contributed by atoms with van der Waals surface area (Å²) in [6.45, 7) is 29.3. The molecule has 0 aromatic heterocycles. The highest BCUT2D eigenvalue weighted by molar-refractivity contribution is 6.74. The maximum Gasteiger partial charge on any atom is 0.339 e. The molecule has 24 heteroatoms. The standard InChI is InChI=1S/C51H83NO11Si.C43H65NO10/c1-12-14-16-20-23-32-50(60-37-38-61-50)33-24-21-18-17-19-22-25-42(51(57,47(56)63-48(3,4)5)34-36-62-64(10,11)49(6,7)8)46(55)52-43(44(53)30-31-45(54)58-9)39-40-26-28-41(29-27-40)59-35-15-13-2;1-7-9-11-14-17-20-34(46)21-18-15-12-13-16-19-22-36(43(51,29-30-45)41(50)54-42(3,4)5)40(49)44-37(38(47)27-28-39(48)52-6)32-33-23-25-35(26-24-33)53-31-10-8-2/h22,25-29,42-43,57H,12,14,16-21,23-24,30-39H2,1-11H3,(H,52,55);19,22-26,36-37,45,51H,7,9,11-18,20-21,27-32H2,1-6H3,(H,44,49)/b25-22+;22-19+/t42-,43+,51+;36-,37+,43+/m11/s1. The fourth-order valence-electron chi connectivity index (χ4n) is 13.0. The molecule has 1 saturated heterocycles. The second-order valence-electron chi connectivity index (χ2n) is 34.2. The maximum atomic E-state index is 14.7. The summed E-state index contributed by atoms with van der Waals surface area (Å²) in [5.74, 6) is 3.60. The minimum Gasteiger partial charge on any atom is -0.481 e. The highest BCUT2D eigenvalue weighted by Gasteiger charge is 2.52. The van der Waals surface area contributed by atoms with Crippen molar-refractivity contribution in [2.45, 2.75) is 354 Å². The van der Waals surface area contributed by atoms with Gasteiger partial charge in [0.2, 0.25) is 11.8 Å². The molecule has 664 valence electrons. The lowest BCUT2D eigenvalue weighted by Crippen LogP contribution is -2.57. The molecule has 23 nitrogen and oxygen atoms in total. The second kappa shape index (κ2) is 56.9. The summed E-state index contributed by atoms with van der Waals surface area (Å²) in [6, 6.07) is 11.8. The van der Waals surface area contributed by atoms with Gasteiger partial charge < -0.3 is 68.3 Å². The Morgan fingerprint density at radius 2 is 0.890 bits per heavy atom. The van der Waals surface area contributed by atoms with E-state index in [9.17, 15) is 58.5 Å². The second-order valence-corrected chi connectivity index (χ2v) is 39.0. The number of ketones is 3. The average Bonchev–Trinajstić information content (AvgIpc) is 0.959. The predicted molar refractivity (Wildman–Crippen MR) is 463 cm³/mol. The lowest BCUT2D eigenvalue weighted by atomic mass is 9.82. The Morgan fingerprint density at radius 1 is 0.517 bits per heavy atom. The SMILES string of the molecule is CC#CCOc1ccc(C[C@H](NC(=O)[C@@H](/C=C/CCCCCCC(=O)CCCCCCC)[C@@](O)(CCO)C(=O)OC(C)(C)C)C(=O)CCC(=O)OC)cc1.CC#CCOc1ccc(C[C@H](NC(=O)[C@@H](/C=C/CCCCCCC2(CCCCCCC)OCCO2)[C@@](O)(CCO[Si](C)(C)C(C)(C)C)C(=O)OC(C)(C)C)C(=O)CCC(=O)OC)cc1. The van der Waals surface area contributed by atoms with Crippen molar-refractivity contribution in [2.75, 3.05) is 53.9 Å².